The first kappa shape index (κ1) is 31.1. The molecule has 4 nitrogen and oxygen atoms in total. The highest BCUT2D eigenvalue weighted by atomic mass is 16.2. The maximum Gasteiger partial charge on any atom is 0.164 e. The second kappa shape index (κ2) is 14.7. The molecule has 1 aliphatic rings. The lowest BCUT2D eigenvalue weighted by Crippen LogP contribution is -2.53. The number of carbonyl (C=O) groups is 4. The smallest absolute Gasteiger partial charge is 0.164 e. The number of allylic oxidation sites excluding steroid dienone is 8. The average Bonchev–Trinajstić information content (AvgIpc) is 2.83. The third kappa shape index (κ3) is 9.01. The van der Waals surface area contributed by atoms with Crippen molar-refractivity contribution >= 4 is 23.1 Å². The molecule has 1 saturated carbocycles. The number of hydrogen-bond acceptors (Lipinski definition) is 4. The molecule has 0 aromatic heterocycles. The molecule has 0 spiro atoms. The van der Waals surface area contributed by atoms with Crippen molar-refractivity contribution in [1.82, 2.24) is 0 Å². The van der Waals surface area contributed by atoms with E-state index >= 15 is 0 Å². The fourth-order valence-electron chi connectivity index (χ4n) is 4.80. The normalized spacial score (nSPS) is 20.4. The van der Waals surface area contributed by atoms with Gasteiger partial charge in [0.25, 0.3) is 0 Å². The van der Waals surface area contributed by atoms with E-state index in [9.17, 15) is 19.2 Å². The predicted molar refractivity (Wildman–Crippen MR) is 155 cm³/mol. The molecule has 0 heterocycles. The van der Waals surface area contributed by atoms with E-state index in [0.29, 0.717) is 0 Å². The summed E-state index contributed by atoms with van der Waals surface area (Å²) in [7, 11) is 0. The van der Waals surface area contributed by atoms with E-state index in [2.05, 4.69) is 39.8 Å². The van der Waals surface area contributed by atoms with Gasteiger partial charge in [0.05, 0.1) is 11.8 Å². The van der Waals surface area contributed by atoms with Crippen LogP contribution in [0.25, 0.3) is 0 Å². The molecule has 1 aliphatic carbocycles. The van der Waals surface area contributed by atoms with Crippen LogP contribution in [0, 0.1) is 11.3 Å². The number of hydrogen-bond donors (Lipinski definition) is 0. The molecule has 0 amide bonds. The van der Waals surface area contributed by atoms with Gasteiger partial charge in [-0.25, -0.2) is 0 Å². The topological polar surface area (TPSA) is 68.3 Å². The Labute approximate surface area is 229 Å². The van der Waals surface area contributed by atoms with Gasteiger partial charge in [-0.2, -0.15) is 0 Å². The molecule has 0 N–H and O–H groups in total. The lowest BCUT2D eigenvalue weighted by Gasteiger charge is -2.36. The summed E-state index contributed by atoms with van der Waals surface area (Å²) in [4.78, 5) is 53.6. The van der Waals surface area contributed by atoms with Crippen molar-refractivity contribution in [3.8, 4) is 0 Å². The lowest BCUT2D eigenvalue weighted by atomic mass is 9.62. The molecule has 0 radical (unpaired) electrons. The number of Topliss-reactive ketones (excluding diaryl/α,β-unsaturated/α-hetero) is 4. The van der Waals surface area contributed by atoms with Crippen molar-refractivity contribution < 1.29 is 19.2 Å². The van der Waals surface area contributed by atoms with Gasteiger partial charge in [0, 0.05) is 6.42 Å². The Morgan fingerprint density at radius 1 is 0.789 bits per heavy atom. The molecule has 2 rings (SSSR count). The van der Waals surface area contributed by atoms with E-state index in [-0.39, 0.29) is 31.5 Å². The highest BCUT2D eigenvalue weighted by Crippen LogP contribution is 2.40. The lowest BCUT2D eigenvalue weighted by molar-refractivity contribution is -0.154. The maximum absolute atomic E-state index is 14.0. The summed E-state index contributed by atoms with van der Waals surface area (Å²) in [6.07, 6.45) is 11.8. The van der Waals surface area contributed by atoms with Crippen molar-refractivity contribution in [3.63, 3.8) is 0 Å². The van der Waals surface area contributed by atoms with Gasteiger partial charge in [0.2, 0.25) is 0 Å². The molecule has 0 aliphatic heterocycles. The Morgan fingerprint density at radius 2 is 1.29 bits per heavy atom. The first-order valence-electron chi connectivity index (χ1n) is 13.7. The number of rotatable bonds is 13. The predicted octanol–water partition coefficient (Wildman–Crippen LogP) is 7.68. The first-order chi connectivity index (χ1) is 18.0. The zero-order valence-electron chi connectivity index (χ0n) is 24.1. The fourth-order valence-corrected chi connectivity index (χ4v) is 4.80. The largest absolute Gasteiger partial charge is 0.298 e. The third-order valence-electron chi connectivity index (χ3n) is 7.25. The molecule has 0 saturated heterocycles. The van der Waals surface area contributed by atoms with E-state index in [0.717, 1.165) is 42.4 Å². The Hall–Kier alpha value is -3.14. The van der Waals surface area contributed by atoms with Gasteiger partial charge in [-0.05, 0) is 85.6 Å². The van der Waals surface area contributed by atoms with E-state index in [1.807, 2.05) is 56.3 Å². The van der Waals surface area contributed by atoms with Crippen LogP contribution in [0.15, 0.2) is 76.9 Å². The number of benzene rings is 1. The van der Waals surface area contributed by atoms with Crippen LogP contribution in [0.4, 0.5) is 0 Å². The van der Waals surface area contributed by atoms with E-state index in [1.54, 1.807) is 0 Å². The van der Waals surface area contributed by atoms with Crippen molar-refractivity contribution in [3.05, 3.63) is 82.5 Å². The molecule has 4 heteroatoms. The third-order valence-corrected chi connectivity index (χ3v) is 7.25. The summed E-state index contributed by atoms with van der Waals surface area (Å²) in [6.45, 7) is 12.3. The molecule has 1 aromatic rings. The van der Waals surface area contributed by atoms with Crippen LogP contribution < -0.4 is 0 Å². The highest BCUT2D eigenvalue weighted by Gasteiger charge is 2.54. The van der Waals surface area contributed by atoms with Gasteiger partial charge < -0.3 is 0 Å². The minimum absolute atomic E-state index is 0.00238. The number of ketones is 4. The van der Waals surface area contributed by atoms with Crippen LogP contribution in [-0.2, 0) is 25.6 Å². The zero-order chi connectivity index (χ0) is 28.3. The van der Waals surface area contributed by atoms with Gasteiger partial charge in [0.1, 0.15) is 5.92 Å². The van der Waals surface area contributed by atoms with E-state index in [1.165, 1.54) is 11.1 Å². The second-order valence-corrected chi connectivity index (χ2v) is 11.2. The standard InChI is InChI=1S/C34H44O4/c1-24(2)12-10-14-26(5)18-20-34(21-19-27(6)15-11-13-25(3)4)31(37)23-30(36)32(33(34)38)29(35)22-28-16-8-7-9-17-28/h7-9,12-13,16-19,32H,10-11,14-15,20-23H2,1-6H3. The quantitative estimate of drug-likeness (QED) is 0.199. The van der Waals surface area contributed by atoms with Gasteiger partial charge in [-0.3, -0.25) is 19.2 Å². The van der Waals surface area contributed by atoms with Crippen molar-refractivity contribution in [2.75, 3.05) is 0 Å². The maximum atomic E-state index is 14.0. The summed E-state index contributed by atoms with van der Waals surface area (Å²) in [6, 6.07) is 9.13. The van der Waals surface area contributed by atoms with Crippen LogP contribution in [0.3, 0.4) is 0 Å². The molecule has 1 aromatic carbocycles. The van der Waals surface area contributed by atoms with E-state index in [4.69, 9.17) is 0 Å². The SMILES string of the molecule is CC(C)=CCCC(C)=CCC1(CC=C(C)CCC=C(C)C)C(=O)CC(=O)C(C(=O)Cc2ccccc2)C1=O. The minimum atomic E-state index is -1.39. The molecule has 1 unspecified atom stereocenters. The monoisotopic (exact) mass is 516 g/mol. The first-order valence-corrected chi connectivity index (χ1v) is 13.7. The molecule has 0 bridgehead atoms. The minimum Gasteiger partial charge on any atom is -0.298 e. The Bertz CT molecular complexity index is 1100. The van der Waals surface area contributed by atoms with Gasteiger partial charge in [-0.15, -0.1) is 0 Å². The van der Waals surface area contributed by atoms with Crippen molar-refractivity contribution in [2.45, 2.75) is 92.9 Å². The summed E-state index contributed by atoms with van der Waals surface area (Å²) in [5.41, 5.74) is 4.05. The summed E-state index contributed by atoms with van der Waals surface area (Å²) >= 11 is 0. The molecule has 38 heavy (non-hydrogen) atoms. The second-order valence-electron chi connectivity index (χ2n) is 11.2. The van der Waals surface area contributed by atoms with Crippen molar-refractivity contribution in [1.29, 1.82) is 0 Å². The fraction of sp³-hybridized carbons (Fsp3) is 0.471. The Balaban J connectivity index is 2.38. The average molecular weight is 517 g/mol. The van der Waals surface area contributed by atoms with E-state index < -0.39 is 28.7 Å². The van der Waals surface area contributed by atoms with Crippen LogP contribution in [0.1, 0.15) is 92.1 Å². The Kier molecular flexibility index (Phi) is 12.0. The Morgan fingerprint density at radius 3 is 1.76 bits per heavy atom. The summed E-state index contributed by atoms with van der Waals surface area (Å²) in [5.74, 6) is -3.26. The van der Waals surface area contributed by atoms with Crippen LogP contribution in [0.5, 0.6) is 0 Å². The summed E-state index contributed by atoms with van der Waals surface area (Å²) < 4.78 is 0. The zero-order valence-corrected chi connectivity index (χ0v) is 24.1. The molecule has 1 atom stereocenters. The van der Waals surface area contributed by atoms with Crippen LogP contribution >= 0.6 is 0 Å². The van der Waals surface area contributed by atoms with Crippen LogP contribution in [-0.4, -0.2) is 23.1 Å². The van der Waals surface area contributed by atoms with Gasteiger partial charge >= 0.3 is 0 Å². The molecule has 204 valence electrons. The van der Waals surface area contributed by atoms with Crippen molar-refractivity contribution in [2.24, 2.45) is 11.3 Å². The van der Waals surface area contributed by atoms with Gasteiger partial charge in [-0.1, -0.05) is 76.9 Å². The van der Waals surface area contributed by atoms with Gasteiger partial charge in [0.15, 0.2) is 23.1 Å². The summed E-state index contributed by atoms with van der Waals surface area (Å²) in [5, 5.41) is 0. The highest BCUT2D eigenvalue weighted by molar-refractivity contribution is 6.33. The molecule has 1 fully saturated rings. The number of carbonyl (C=O) groups excluding carboxylic acids is 4. The van der Waals surface area contributed by atoms with Crippen LogP contribution in [0.2, 0.25) is 0 Å². The molecular weight excluding hydrogens is 472 g/mol. The molecular formula is C34H44O4.